The summed E-state index contributed by atoms with van der Waals surface area (Å²) in [5, 5.41) is 23.3. The lowest BCUT2D eigenvalue weighted by Crippen LogP contribution is -2.41. The van der Waals surface area contributed by atoms with Gasteiger partial charge in [0.05, 0.1) is 23.6 Å². The number of halogens is 1. The normalized spacial score (nSPS) is 16.8. The summed E-state index contributed by atoms with van der Waals surface area (Å²) in [5.41, 5.74) is 4.60. The summed E-state index contributed by atoms with van der Waals surface area (Å²) in [5.74, 6) is 0.543. The van der Waals surface area contributed by atoms with E-state index >= 15 is 0 Å². The number of imidazole rings is 1. The number of nitrogens with one attached hydrogen (secondary N) is 2. The number of carboxylic acid groups (broad SMARTS) is 1. The van der Waals surface area contributed by atoms with Gasteiger partial charge in [-0.05, 0) is 70.8 Å². The van der Waals surface area contributed by atoms with E-state index in [1.54, 1.807) is 48.7 Å². The van der Waals surface area contributed by atoms with Crippen molar-refractivity contribution >= 4 is 35.4 Å². The van der Waals surface area contributed by atoms with Crippen LogP contribution in [0.4, 0.5) is 10.5 Å². The highest BCUT2D eigenvalue weighted by Gasteiger charge is 2.37. The van der Waals surface area contributed by atoms with E-state index in [4.69, 9.17) is 21.7 Å². The van der Waals surface area contributed by atoms with Crippen LogP contribution in [0.25, 0.3) is 23.0 Å². The molecule has 5 aromatic rings. The zero-order chi connectivity index (χ0) is 29.8. The monoisotopic (exact) mass is 594 g/mol. The van der Waals surface area contributed by atoms with Gasteiger partial charge in [-0.1, -0.05) is 54.1 Å². The zero-order valence-electron chi connectivity index (χ0n) is 22.8. The summed E-state index contributed by atoms with van der Waals surface area (Å²) < 4.78 is 1.52. The van der Waals surface area contributed by atoms with E-state index < -0.39 is 6.09 Å². The second-order valence-corrected chi connectivity index (χ2v) is 10.6. The zero-order valence-corrected chi connectivity index (χ0v) is 23.6. The quantitative estimate of drug-likeness (QED) is 0.197. The molecular weight excluding hydrogens is 568 g/mol. The van der Waals surface area contributed by atoms with Crippen LogP contribution in [0.15, 0.2) is 91.4 Å². The van der Waals surface area contributed by atoms with E-state index in [0.717, 1.165) is 29.7 Å². The predicted octanol–water partition coefficient (Wildman–Crippen LogP) is 5.96. The Labute approximate surface area is 251 Å². The Morgan fingerprint density at radius 2 is 1.88 bits per heavy atom. The topological polar surface area (TPSA) is 142 Å². The molecule has 3 N–H and O–H groups in total. The first-order chi connectivity index (χ1) is 21.0. The van der Waals surface area contributed by atoms with Crippen LogP contribution >= 0.6 is 11.6 Å². The number of H-pyrrole nitrogens is 1. The maximum Gasteiger partial charge on any atom is 0.409 e. The summed E-state index contributed by atoms with van der Waals surface area (Å²) in [6.07, 6.45) is 7.13. The number of aromatic amines is 1. The van der Waals surface area contributed by atoms with Gasteiger partial charge in [0.15, 0.2) is 0 Å². The molecule has 2 unspecified atom stereocenters. The van der Waals surface area contributed by atoms with E-state index in [1.807, 2.05) is 35.2 Å². The van der Waals surface area contributed by atoms with Crippen LogP contribution in [0.2, 0.25) is 5.02 Å². The van der Waals surface area contributed by atoms with Crippen LogP contribution in [0.5, 0.6) is 0 Å². The van der Waals surface area contributed by atoms with Gasteiger partial charge in [0.2, 0.25) is 5.91 Å². The Hall–Kier alpha value is -5.29. The summed E-state index contributed by atoms with van der Waals surface area (Å²) in [6.45, 7) is 0.568. The first kappa shape index (κ1) is 27.9. The molecule has 2 atom stereocenters. The lowest BCUT2D eigenvalue weighted by atomic mass is 9.83. The maximum absolute atomic E-state index is 13.9. The Morgan fingerprint density at radius 1 is 1.07 bits per heavy atom. The number of benzene rings is 3. The summed E-state index contributed by atoms with van der Waals surface area (Å²) in [4.78, 5) is 34.9. The number of hydrogen-bond acceptors (Lipinski definition) is 6. The van der Waals surface area contributed by atoms with E-state index in [2.05, 4.69) is 38.0 Å². The van der Waals surface area contributed by atoms with Gasteiger partial charge in [-0.25, -0.2) is 9.78 Å². The minimum absolute atomic E-state index is 0.0244. The molecule has 0 spiro atoms. The second-order valence-electron chi connectivity index (χ2n) is 10.1. The van der Waals surface area contributed by atoms with E-state index in [9.17, 15) is 9.59 Å². The van der Waals surface area contributed by atoms with E-state index in [-0.39, 0.29) is 17.9 Å². The molecule has 12 heteroatoms. The van der Waals surface area contributed by atoms with Crippen molar-refractivity contribution in [2.75, 3.05) is 11.9 Å². The standard InChI is InChI=1S/C31H27ClN8O3/c32-23-11-14-27(40-19-34-37-38-40)22(17-23)10-15-28(41)39-16-4-7-25(20-5-2-1-3-6-20)29(39)30-33-18-26(36-30)21-8-12-24(13-9-21)35-31(42)43/h1-3,5-6,8-15,17-19,25,29,35H,4,7,16H2,(H,33,36)(H,42,43). The van der Waals surface area contributed by atoms with Crippen molar-refractivity contribution in [3.63, 3.8) is 0 Å². The largest absolute Gasteiger partial charge is 0.465 e. The van der Waals surface area contributed by atoms with Gasteiger partial charge in [-0.2, -0.15) is 4.68 Å². The minimum Gasteiger partial charge on any atom is -0.465 e. The highest BCUT2D eigenvalue weighted by atomic mass is 35.5. The van der Waals surface area contributed by atoms with Crippen LogP contribution < -0.4 is 5.32 Å². The SMILES string of the molecule is O=C(O)Nc1ccc(-c2cnc(C3C(c4ccccc4)CCCN3C(=O)C=Cc3cc(Cl)ccc3-n3cnnn3)[nH]2)cc1. The Balaban J connectivity index is 1.33. The number of amides is 2. The molecule has 216 valence electrons. The number of rotatable bonds is 7. The van der Waals surface area contributed by atoms with Gasteiger partial charge in [0.25, 0.3) is 0 Å². The van der Waals surface area contributed by atoms with Gasteiger partial charge < -0.3 is 15.0 Å². The van der Waals surface area contributed by atoms with Crippen molar-refractivity contribution in [2.24, 2.45) is 0 Å². The van der Waals surface area contributed by atoms with Crippen LogP contribution in [-0.2, 0) is 4.79 Å². The molecule has 2 amide bonds. The first-order valence-electron chi connectivity index (χ1n) is 13.7. The Kier molecular flexibility index (Phi) is 7.96. The number of likely N-dealkylation sites (tertiary alicyclic amines) is 1. The minimum atomic E-state index is -1.12. The number of hydrogen-bond donors (Lipinski definition) is 3. The van der Waals surface area contributed by atoms with Crippen molar-refractivity contribution in [1.29, 1.82) is 0 Å². The molecule has 0 bridgehead atoms. The summed E-state index contributed by atoms with van der Waals surface area (Å²) in [6, 6.07) is 22.2. The van der Waals surface area contributed by atoms with Crippen LogP contribution in [-0.4, -0.2) is 58.7 Å². The van der Waals surface area contributed by atoms with Crippen molar-refractivity contribution in [2.45, 2.75) is 24.8 Å². The van der Waals surface area contributed by atoms with Gasteiger partial charge in [0, 0.05) is 34.8 Å². The fourth-order valence-corrected chi connectivity index (χ4v) is 5.70. The average Bonchev–Trinajstić information content (AvgIpc) is 3.73. The van der Waals surface area contributed by atoms with Crippen molar-refractivity contribution in [1.82, 2.24) is 35.1 Å². The maximum atomic E-state index is 13.9. The molecule has 6 rings (SSSR count). The fourth-order valence-electron chi connectivity index (χ4n) is 5.52. The molecule has 1 saturated heterocycles. The van der Waals surface area contributed by atoms with E-state index in [0.29, 0.717) is 34.3 Å². The molecule has 0 radical (unpaired) electrons. The van der Waals surface area contributed by atoms with Gasteiger partial charge >= 0.3 is 6.09 Å². The van der Waals surface area contributed by atoms with Crippen LogP contribution in [0, 0.1) is 0 Å². The number of aromatic nitrogens is 6. The number of anilines is 1. The first-order valence-corrected chi connectivity index (χ1v) is 14.1. The average molecular weight is 595 g/mol. The molecule has 2 aromatic heterocycles. The third-order valence-corrected chi connectivity index (χ3v) is 7.69. The molecule has 3 aromatic carbocycles. The molecule has 0 saturated carbocycles. The smallest absolute Gasteiger partial charge is 0.409 e. The second kappa shape index (κ2) is 12.3. The van der Waals surface area contributed by atoms with Gasteiger partial charge in [-0.3, -0.25) is 10.1 Å². The summed E-state index contributed by atoms with van der Waals surface area (Å²) in [7, 11) is 0. The summed E-state index contributed by atoms with van der Waals surface area (Å²) >= 11 is 6.28. The van der Waals surface area contributed by atoms with Crippen molar-refractivity contribution in [3.05, 3.63) is 113 Å². The molecule has 0 aliphatic carbocycles. The molecule has 11 nitrogen and oxygen atoms in total. The number of tetrazole rings is 1. The Bertz CT molecular complexity index is 1750. The highest BCUT2D eigenvalue weighted by molar-refractivity contribution is 6.30. The molecular formula is C31H27ClN8O3. The van der Waals surface area contributed by atoms with Crippen LogP contribution in [0.3, 0.4) is 0 Å². The van der Waals surface area contributed by atoms with Gasteiger partial charge in [-0.15, -0.1) is 5.10 Å². The lowest BCUT2D eigenvalue weighted by molar-refractivity contribution is -0.130. The fraction of sp³-hybridized carbons (Fsp3) is 0.161. The number of carbonyl (C=O) groups excluding carboxylic acids is 1. The molecule has 1 fully saturated rings. The third kappa shape index (κ3) is 6.16. The number of piperidine rings is 1. The molecule has 1 aliphatic heterocycles. The molecule has 3 heterocycles. The predicted molar refractivity (Wildman–Crippen MR) is 162 cm³/mol. The van der Waals surface area contributed by atoms with Gasteiger partial charge in [0.1, 0.15) is 12.2 Å². The third-order valence-electron chi connectivity index (χ3n) is 7.46. The van der Waals surface area contributed by atoms with Crippen molar-refractivity contribution in [3.8, 4) is 16.9 Å². The van der Waals surface area contributed by atoms with Crippen molar-refractivity contribution < 1.29 is 14.7 Å². The Morgan fingerprint density at radius 3 is 2.63 bits per heavy atom. The highest BCUT2D eigenvalue weighted by Crippen LogP contribution is 2.42. The van der Waals surface area contributed by atoms with E-state index in [1.165, 1.54) is 11.0 Å². The number of nitrogens with zero attached hydrogens (tertiary/aromatic N) is 6. The number of carbonyl (C=O) groups is 2. The lowest BCUT2D eigenvalue weighted by Gasteiger charge is -2.40. The molecule has 43 heavy (non-hydrogen) atoms. The van der Waals surface area contributed by atoms with Crippen LogP contribution in [0.1, 0.15) is 41.8 Å². The molecule has 1 aliphatic rings.